The summed E-state index contributed by atoms with van der Waals surface area (Å²) in [4.78, 5) is 13.3. The van der Waals surface area contributed by atoms with E-state index in [0.717, 1.165) is 22.3 Å². The Morgan fingerprint density at radius 2 is 1.96 bits per heavy atom. The number of rotatable bonds is 6. The van der Waals surface area contributed by atoms with Crippen molar-refractivity contribution in [3.05, 3.63) is 70.3 Å². The van der Waals surface area contributed by atoms with Crippen LogP contribution in [0.25, 0.3) is 0 Å². The van der Waals surface area contributed by atoms with Gasteiger partial charge in [0.2, 0.25) is 5.91 Å². The third-order valence-corrected chi connectivity index (χ3v) is 3.94. The molecule has 0 spiro atoms. The fourth-order valence-electron chi connectivity index (χ4n) is 2.71. The third kappa shape index (κ3) is 4.65. The molecule has 2 aromatic rings. The minimum Gasteiger partial charge on any atom is -0.387 e. The third-order valence-electron chi connectivity index (χ3n) is 3.94. The van der Waals surface area contributed by atoms with E-state index in [1.165, 1.54) is 0 Å². The van der Waals surface area contributed by atoms with Gasteiger partial charge in [-0.3, -0.25) is 9.69 Å². The first-order valence-electron chi connectivity index (χ1n) is 7.69. The number of hydrogen-bond donors (Lipinski definition) is 2. The zero-order valence-electron chi connectivity index (χ0n) is 13.9. The van der Waals surface area contributed by atoms with Crippen LogP contribution in [-0.2, 0) is 6.54 Å². The fraction of sp³-hybridized carbons (Fsp3) is 0.316. The highest BCUT2D eigenvalue weighted by Crippen LogP contribution is 2.20. The van der Waals surface area contributed by atoms with E-state index in [1.807, 2.05) is 56.1 Å². The molecule has 0 aliphatic rings. The fourth-order valence-corrected chi connectivity index (χ4v) is 2.71. The van der Waals surface area contributed by atoms with E-state index in [1.54, 1.807) is 12.1 Å². The van der Waals surface area contributed by atoms with Crippen molar-refractivity contribution in [2.45, 2.75) is 26.5 Å². The quantitative estimate of drug-likeness (QED) is 0.861. The highest BCUT2D eigenvalue weighted by molar-refractivity contribution is 5.92. The summed E-state index contributed by atoms with van der Waals surface area (Å²) in [5.41, 5.74) is 10.0. The van der Waals surface area contributed by atoms with Gasteiger partial charge < -0.3 is 10.8 Å². The molecule has 0 bridgehead atoms. The van der Waals surface area contributed by atoms with E-state index in [2.05, 4.69) is 0 Å². The summed E-state index contributed by atoms with van der Waals surface area (Å²) in [5.74, 6) is -0.426. The maximum absolute atomic E-state index is 11.2. The zero-order valence-corrected chi connectivity index (χ0v) is 13.9. The molecule has 2 rings (SSSR count). The molecular formula is C19H24N2O2. The number of nitrogens with two attached hydrogens (primary N) is 1. The number of nitrogens with zero attached hydrogens (tertiary/aromatic N) is 1. The Bertz CT molecular complexity index is 698. The Hall–Kier alpha value is -2.17. The molecule has 0 radical (unpaired) electrons. The molecule has 0 aliphatic carbocycles. The molecule has 0 heterocycles. The summed E-state index contributed by atoms with van der Waals surface area (Å²) >= 11 is 0. The van der Waals surface area contributed by atoms with Crippen molar-refractivity contribution in [1.82, 2.24) is 4.90 Å². The number of carbonyl (C=O) groups excluding carboxylic acids is 1. The highest BCUT2D eigenvalue weighted by atomic mass is 16.3. The predicted octanol–water partition coefficient (Wildman–Crippen LogP) is 2.57. The predicted molar refractivity (Wildman–Crippen MR) is 92.2 cm³/mol. The maximum atomic E-state index is 11.2. The molecule has 1 amide bonds. The molecule has 0 unspecified atom stereocenters. The molecule has 23 heavy (non-hydrogen) atoms. The van der Waals surface area contributed by atoms with E-state index in [9.17, 15) is 9.90 Å². The highest BCUT2D eigenvalue weighted by Gasteiger charge is 2.14. The molecule has 4 nitrogen and oxygen atoms in total. The summed E-state index contributed by atoms with van der Waals surface area (Å²) in [6, 6.07) is 13.4. The second-order valence-electron chi connectivity index (χ2n) is 6.14. The molecule has 0 fully saturated rings. The van der Waals surface area contributed by atoms with Gasteiger partial charge in [0, 0.05) is 18.7 Å². The van der Waals surface area contributed by atoms with E-state index in [4.69, 9.17) is 5.73 Å². The summed E-state index contributed by atoms with van der Waals surface area (Å²) in [5, 5.41) is 10.5. The average molecular weight is 312 g/mol. The van der Waals surface area contributed by atoms with Crippen LogP contribution in [0.1, 0.15) is 38.7 Å². The second-order valence-corrected chi connectivity index (χ2v) is 6.14. The molecule has 0 aromatic heterocycles. The number of aliphatic hydroxyl groups excluding tert-OH is 1. The van der Waals surface area contributed by atoms with Crippen LogP contribution in [0.3, 0.4) is 0 Å². The summed E-state index contributed by atoms with van der Waals surface area (Å²) < 4.78 is 0. The molecule has 3 N–H and O–H groups in total. The summed E-state index contributed by atoms with van der Waals surface area (Å²) in [6.07, 6.45) is -0.542. The number of likely N-dealkylation sites (N-methyl/N-ethyl adjacent to an activating group) is 1. The van der Waals surface area contributed by atoms with Crippen LogP contribution in [0.5, 0.6) is 0 Å². The van der Waals surface area contributed by atoms with Gasteiger partial charge in [0.1, 0.15) is 0 Å². The summed E-state index contributed by atoms with van der Waals surface area (Å²) in [6.45, 7) is 5.19. The Morgan fingerprint density at radius 3 is 2.65 bits per heavy atom. The van der Waals surface area contributed by atoms with Crippen LogP contribution in [0.2, 0.25) is 0 Å². The Morgan fingerprint density at radius 1 is 1.22 bits per heavy atom. The minimum absolute atomic E-state index is 0.426. The number of primary amides is 1. The molecule has 0 saturated heterocycles. The van der Waals surface area contributed by atoms with Gasteiger partial charge in [-0.05, 0) is 49.7 Å². The molecule has 0 aliphatic heterocycles. The van der Waals surface area contributed by atoms with Gasteiger partial charge in [-0.15, -0.1) is 0 Å². The second kappa shape index (κ2) is 7.40. The number of carbonyl (C=O) groups is 1. The van der Waals surface area contributed by atoms with Crippen molar-refractivity contribution < 1.29 is 9.90 Å². The van der Waals surface area contributed by atoms with Crippen molar-refractivity contribution in [3.63, 3.8) is 0 Å². The number of hydrogen-bond acceptors (Lipinski definition) is 3. The Labute approximate surface area is 137 Å². The Kier molecular flexibility index (Phi) is 5.53. The lowest BCUT2D eigenvalue weighted by Gasteiger charge is -2.22. The van der Waals surface area contributed by atoms with Gasteiger partial charge in [-0.25, -0.2) is 0 Å². The van der Waals surface area contributed by atoms with Crippen molar-refractivity contribution in [2.24, 2.45) is 5.73 Å². The SMILES string of the molecule is Cc1ccc(C)c([C@@H](O)CN(C)Cc2cccc(C(N)=O)c2)c1. The smallest absolute Gasteiger partial charge is 0.248 e. The largest absolute Gasteiger partial charge is 0.387 e. The molecular weight excluding hydrogens is 288 g/mol. The number of benzene rings is 2. The van der Waals surface area contributed by atoms with Crippen LogP contribution in [-0.4, -0.2) is 29.5 Å². The molecule has 4 heteroatoms. The van der Waals surface area contributed by atoms with Crippen molar-refractivity contribution in [2.75, 3.05) is 13.6 Å². The first kappa shape index (κ1) is 17.2. The summed E-state index contributed by atoms with van der Waals surface area (Å²) in [7, 11) is 1.95. The average Bonchev–Trinajstić information content (AvgIpc) is 2.49. The van der Waals surface area contributed by atoms with Crippen molar-refractivity contribution in [3.8, 4) is 0 Å². The zero-order chi connectivity index (χ0) is 17.0. The van der Waals surface area contributed by atoms with Crippen molar-refractivity contribution in [1.29, 1.82) is 0 Å². The topological polar surface area (TPSA) is 66.6 Å². The van der Waals surface area contributed by atoms with Crippen LogP contribution < -0.4 is 5.73 Å². The standard InChI is InChI=1S/C19H24N2O2/c1-13-7-8-14(2)17(9-13)18(22)12-21(3)11-15-5-4-6-16(10-15)19(20)23/h4-10,18,22H,11-12H2,1-3H3,(H2,20,23)/t18-/m0/s1. The monoisotopic (exact) mass is 312 g/mol. The lowest BCUT2D eigenvalue weighted by molar-refractivity contribution is 0.0999. The van der Waals surface area contributed by atoms with Crippen LogP contribution >= 0.6 is 0 Å². The molecule has 122 valence electrons. The van der Waals surface area contributed by atoms with E-state index in [0.29, 0.717) is 18.7 Å². The Balaban J connectivity index is 2.04. The minimum atomic E-state index is -0.542. The van der Waals surface area contributed by atoms with Crippen LogP contribution in [0, 0.1) is 13.8 Å². The van der Waals surface area contributed by atoms with Gasteiger partial charge in [0.25, 0.3) is 0 Å². The van der Waals surface area contributed by atoms with Crippen LogP contribution in [0.4, 0.5) is 0 Å². The number of aryl methyl sites for hydroxylation is 2. The van der Waals surface area contributed by atoms with Crippen molar-refractivity contribution >= 4 is 5.91 Å². The van der Waals surface area contributed by atoms with E-state index < -0.39 is 12.0 Å². The maximum Gasteiger partial charge on any atom is 0.248 e. The van der Waals surface area contributed by atoms with Gasteiger partial charge in [-0.2, -0.15) is 0 Å². The van der Waals surface area contributed by atoms with E-state index >= 15 is 0 Å². The number of aliphatic hydroxyl groups is 1. The first-order valence-corrected chi connectivity index (χ1v) is 7.69. The van der Waals surface area contributed by atoms with Gasteiger partial charge >= 0.3 is 0 Å². The normalized spacial score (nSPS) is 12.4. The van der Waals surface area contributed by atoms with Gasteiger partial charge in [0.15, 0.2) is 0 Å². The van der Waals surface area contributed by atoms with Crippen LogP contribution in [0.15, 0.2) is 42.5 Å². The first-order chi connectivity index (χ1) is 10.9. The lowest BCUT2D eigenvalue weighted by Crippen LogP contribution is -2.25. The lowest BCUT2D eigenvalue weighted by atomic mass is 10.0. The molecule has 1 atom stereocenters. The van der Waals surface area contributed by atoms with Gasteiger partial charge in [-0.1, -0.05) is 35.9 Å². The molecule has 2 aromatic carbocycles. The van der Waals surface area contributed by atoms with Gasteiger partial charge in [0.05, 0.1) is 6.10 Å². The van der Waals surface area contributed by atoms with E-state index in [-0.39, 0.29) is 0 Å². The molecule has 0 saturated carbocycles. The number of amides is 1.